The van der Waals surface area contributed by atoms with Crippen LogP contribution < -0.4 is 10.2 Å². The third kappa shape index (κ3) is 4.62. The van der Waals surface area contributed by atoms with E-state index in [-0.39, 0.29) is 12.3 Å². The smallest absolute Gasteiger partial charge is 0.230 e. The van der Waals surface area contributed by atoms with Gasteiger partial charge in [0.05, 0.1) is 23.5 Å². The van der Waals surface area contributed by atoms with Crippen molar-refractivity contribution < 1.29 is 9.21 Å². The SMILES string of the molecule is Cc1oc(-c2ccccc2)nc1CC(=O)Nc1cc(Cl)ccc1N1CCCCC1. The van der Waals surface area contributed by atoms with Crippen molar-refractivity contribution >= 4 is 28.9 Å². The molecule has 0 bridgehead atoms. The number of carbonyl (C=O) groups is 1. The molecule has 1 aliphatic rings. The quantitative estimate of drug-likeness (QED) is 0.606. The molecule has 0 unspecified atom stereocenters. The summed E-state index contributed by atoms with van der Waals surface area (Å²) >= 11 is 6.20. The van der Waals surface area contributed by atoms with Gasteiger partial charge in [0, 0.05) is 23.7 Å². The molecule has 3 aromatic rings. The molecule has 0 spiro atoms. The van der Waals surface area contributed by atoms with Crippen LogP contribution in [-0.2, 0) is 11.2 Å². The Balaban J connectivity index is 1.50. The van der Waals surface area contributed by atoms with Gasteiger partial charge in [0.15, 0.2) is 0 Å². The van der Waals surface area contributed by atoms with Crippen LogP contribution in [0.2, 0.25) is 5.02 Å². The lowest BCUT2D eigenvalue weighted by molar-refractivity contribution is -0.115. The van der Waals surface area contributed by atoms with Gasteiger partial charge in [0.25, 0.3) is 0 Å². The van der Waals surface area contributed by atoms with E-state index in [1.165, 1.54) is 6.42 Å². The van der Waals surface area contributed by atoms with Gasteiger partial charge in [0.2, 0.25) is 11.8 Å². The predicted molar refractivity (Wildman–Crippen MR) is 117 cm³/mol. The fraction of sp³-hybridized carbons (Fsp3) is 0.304. The Morgan fingerprint density at radius 3 is 2.66 bits per heavy atom. The zero-order chi connectivity index (χ0) is 20.2. The van der Waals surface area contributed by atoms with Crippen molar-refractivity contribution in [3.63, 3.8) is 0 Å². The highest BCUT2D eigenvalue weighted by Crippen LogP contribution is 2.31. The third-order valence-electron chi connectivity index (χ3n) is 5.17. The topological polar surface area (TPSA) is 58.4 Å². The Hall–Kier alpha value is -2.79. The molecule has 0 atom stereocenters. The number of hydrogen-bond donors (Lipinski definition) is 1. The van der Waals surface area contributed by atoms with E-state index in [0.29, 0.717) is 22.4 Å². The standard InChI is InChI=1S/C23H24ClN3O2/c1-16-19(26-23(29-16)17-8-4-2-5-9-17)15-22(28)25-20-14-18(24)10-11-21(20)27-12-6-3-7-13-27/h2,4-5,8-11,14H,3,6-7,12-13,15H2,1H3,(H,25,28). The van der Waals surface area contributed by atoms with Gasteiger partial charge in [0.1, 0.15) is 5.76 Å². The van der Waals surface area contributed by atoms with Crippen molar-refractivity contribution in [1.29, 1.82) is 0 Å². The van der Waals surface area contributed by atoms with Gasteiger partial charge >= 0.3 is 0 Å². The minimum absolute atomic E-state index is 0.137. The summed E-state index contributed by atoms with van der Waals surface area (Å²) in [4.78, 5) is 19.6. The number of halogens is 1. The lowest BCUT2D eigenvalue weighted by atomic mass is 10.1. The summed E-state index contributed by atoms with van der Waals surface area (Å²) in [5.74, 6) is 1.05. The number of rotatable bonds is 5. The van der Waals surface area contributed by atoms with Crippen LogP contribution in [0.3, 0.4) is 0 Å². The van der Waals surface area contributed by atoms with Crippen molar-refractivity contribution in [3.05, 3.63) is 65.0 Å². The first-order valence-electron chi connectivity index (χ1n) is 9.96. The molecule has 5 nitrogen and oxygen atoms in total. The summed E-state index contributed by atoms with van der Waals surface area (Å²) < 4.78 is 5.77. The molecule has 2 heterocycles. The van der Waals surface area contributed by atoms with E-state index in [1.54, 1.807) is 0 Å². The van der Waals surface area contributed by atoms with Gasteiger partial charge in [-0.2, -0.15) is 0 Å². The van der Waals surface area contributed by atoms with Crippen molar-refractivity contribution in [2.24, 2.45) is 0 Å². The van der Waals surface area contributed by atoms with E-state index in [0.717, 1.165) is 42.9 Å². The van der Waals surface area contributed by atoms with Crippen molar-refractivity contribution in [1.82, 2.24) is 4.98 Å². The van der Waals surface area contributed by atoms with Crippen molar-refractivity contribution in [2.75, 3.05) is 23.3 Å². The average molecular weight is 410 g/mol. The number of anilines is 2. The van der Waals surface area contributed by atoms with Crippen LogP contribution >= 0.6 is 11.6 Å². The molecule has 2 aromatic carbocycles. The summed E-state index contributed by atoms with van der Waals surface area (Å²) in [6.45, 7) is 3.82. The Morgan fingerprint density at radius 1 is 1.14 bits per heavy atom. The second-order valence-corrected chi connectivity index (χ2v) is 7.76. The van der Waals surface area contributed by atoms with E-state index < -0.39 is 0 Å². The minimum atomic E-state index is -0.137. The molecule has 1 saturated heterocycles. The summed E-state index contributed by atoms with van der Waals surface area (Å²) in [5.41, 5.74) is 3.30. The van der Waals surface area contributed by atoms with Gasteiger partial charge in [-0.25, -0.2) is 4.98 Å². The number of carbonyl (C=O) groups excluding carboxylic acids is 1. The lowest BCUT2D eigenvalue weighted by Gasteiger charge is -2.30. The maximum absolute atomic E-state index is 12.8. The predicted octanol–water partition coefficient (Wildman–Crippen LogP) is 5.47. The number of piperidine rings is 1. The van der Waals surface area contributed by atoms with Gasteiger partial charge in [-0.05, 0) is 56.5 Å². The fourth-order valence-corrected chi connectivity index (χ4v) is 3.83. The Bertz CT molecular complexity index is 995. The second-order valence-electron chi connectivity index (χ2n) is 7.32. The number of aryl methyl sites for hydroxylation is 1. The zero-order valence-electron chi connectivity index (χ0n) is 16.5. The summed E-state index contributed by atoms with van der Waals surface area (Å²) in [6, 6.07) is 15.4. The normalized spacial score (nSPS) is 14.1. The second kappa shape index (κ2) is 8.70. The Labute approximate surface area is 175 Å². The molecule has 0 saturated carbocycles. The number of nitrogens with one attached hydrogen (secondary N) is 1. The van der Waals surface area contributed by atoms with Gasteiger partial charge in [-0.3, -0.25) is 4.79 Å². The van der Waals surface area contributed by atoms with E-state index in [9.17, 15) is 4.79 Å². The molecule has 150 valence electrons. The first kappa shape index (κ1) is 19.5. The maximum atomic E-state index is 12.8. The molecule has 1 fully saturated rings. The van der Waals surface area contributed by atoms with E-state index in [1.807, 2.05) is 55.5 Å². The molecule has 1 N–H and O–H groups in total. The highest BCUT2D eigenvalue weighted by atomic mass is 35.5. The van der Waals surface area contributed by atoms with Gasteiger partial charge in [-0.1, -0.05) is 29.8 Å². The number of aromatic nitrogens is 1. The third-order valence-corrected chi connectivity index (χ3v) is 5.41. The number of benzene rings is 2. The van der Waals surface area contributed by atoms with Crippen LogP contribution in [0, 0.1) is 6.92 Å². The van der Waals surface area contributed by atoms with Crippen molar-refractivity contribution in [3.8, 4) is 11.5 Å². The van der Waals surface area contributed by atoms with Crippen LogP contribution in [0.5, 0.6) is 0 Å². The highest BCUT2D eigenvalue weighted by Gasteiger charge is 2.18. The Morgan fingerprint density at radius 2 is 1.90 bits per heavy atom. The molecule has 1 aromatic heterocycles. The monoisotopic (exact) mass is 409 g/mol. The van der Waals surface area contributed by atoms with E-state index in [4.69, 9.17) is 16.0 Å². The van der Waals surface area contributed by atoms with Crippen LogP contribution in [0.1, 0.15) is 30.7 Å². The van der Waals surface area contributed by atoms with Gasteiger partial charge in [-0.15, -0.1) is 0 Å². The number of amides is 1. The largest absolute Gasteiger partial charge is 0.441 e. The molecule has 1 amide bonds. The fourth-order valence-electron chi connectivity index (χ4n) is 3.66. The summed E-state index contributed by atoms with van der Waals surface area (Å²) in [7, 11) is 0. The number of oxazole rings is 1. The molecule has 0 aliphatic carbocycles. The number of hydrogen-bond acceptors (Lipinski definition) is 4. The molecular formula is C23H24ClN3O2. The summed E-state index contributed by atoms with van der Waals surface area (Å²) in [5, 5.41) is 3.63. The summed E-state index contributed by atoms with van der Waals surface area (Å²) in [6.07, 6.45) is 3.72. The minimum Gasteiger partial charge on any atom is -0.441 e. The van der Waals surface area contributed by atoms with Crippen LogP contribution in [-0.4, -0.2) is 24.0 Å². The maximum Gasteiger partial charge on any atom is 0.230 e. The molecule has 4 rings (SSSR count). The molecular weight excluding hydrogens is 386 g/mol. The van der Waals surface area contributed by atoms with Gasteiger partial charge < -0.3 is 14.6 Å². The van der Waals surface area contributed by atoms with Crippen LogP contribution in [0.4, 0.5) is 11.4 Å². The number of nitrogens with zero attached hydrogens (tertiary/aromatic N) is 2. The lowest BCUT2D eigenvalue weighted by Crippen LogP contribution is -2.30. The Kier molecular flexibility index (Phi) is 5.86. The van der Waals surface area contributed by atoms with Crippen LogP contribution in [0.15, 0.2) is 52.9 Å². The zero-order valence-corrected chi connectivity index (χ0v) is 17.2. The van der Waals surface area contributed by atoms with Crippen molar-refractivity contribution in [2.45, 2.75) is 32.6 Å². The molecule has 0 radical (unpaired) electrons. The first-order chi connectivity index (χ1) is 14.1. The molecule has 6 heteroatoms. The van der Waals surface area contributed by atoms with E-state index in [2.05, 4.69) is 15.2 Å². The highest BCUT2D eigenvalue weighted by molar-refractivity contribution is 6.31. The average Bonchev–Trinajstić information content (AvgIpc) is 3.09. The van der Waals surface area contributed by atoms with E-state index >= 15 is 0 Å². The van der Waals surface area contributed by atoms with Crippen LogP contribution in [0.25, 0.3) is 11.5 Å². The molecule has 29 heavy (non-hydrogen) atoms. The molecule has 1 aliphatic heterocycles. The first-order valence-corrected chi connectivity index (χ1v) is 10.3.